The van der Waals surface area contributed by atoms with E-state index in [9.17, 15) is 22.0 Å². The number of carbonyl (C=O) groups is 1. The summed E-state index contributed by atoms with van der Waals surface area (Å²) in [5, 5.41) is 2.77. The molecule has 26 heavy (non-hydrogen) atoms. The lowest BCUT2D eigenvalue weighted by atomic mass is 10.3. The van der Waals surface area contributed by atoms with Crippen molar-refractivity contribution in [2.24, 2.45) is 0 Å². The minimum atomic E-state index is -4.55. The molecule has 2 aromatic rings. The van der Waals surface area contributed by atoms with Crippen LogP contribution in [0.5, 0.6) is 5.75 Å². The Labute approximate surface area is 154 Å². The van der Waals surface area contributed by atoms with Crippen LogP contribution in [0.1, 0.15) is 0 Å². The first-order valence-corrected chi connectivity index (χ1v) is 9.02. The molecule has 0 saturated carbocycles. The number of methoxy groups -OCH3 is 1. The SMILES string of the molecule is COc1ccc(Cl)cc1NC(=O)CN(C)S(=O)(=O)c1c(F)cccc1F. The molecule has 140 valence electrons. The third-order valence-electron chi connectivity index (χ3n) is 3.39. The summed E-state index contributed by atoms with van der Waals surface area (Å²) in [5.41, 5.74) is 0.230. The number of nitrogens with one attached hydrogen (secondary N) is 1. The van der Waals surface area contributed by atoms with Crippen molar-refractivity contribution < 1.29 is 26.7 Å². The maximum atomic E-state index is 13.8. The van der Waals surface area contributed by atoms with Gasteiger partial charge in [0, 0.05) is 12.1 Å². The van der Waals surface area contributed by atoms with Gasteiger partial charge in [0.25, 0.3) is 0 Å². The Kier molecular flexibility index (Phi) is 6.17. The Morgan fingerprint density at radius 2 is 1.85 bits per heavy atom. The summed E-state index contributed by atoms with van der Waals surface area (Å²) in [6.07, 6.45) is 0. The van der Waals surface area contributed by atoms with E-state index in [2.05, 4.69) is 5.32 Å². The summed E-state index contributed by atoms with van der Waals surface area (Å²) >= 11 is 5.85. The summed E-state index contributed by atoms with van der Waals surface area (Å²) in [6, 6.07) is 7.17. The monoisotopic (exact) mass is 404 g/mol. The number of amides is 1. The predicted molar refractivity (Wildman–Crippen MR) is 92.8 cm³/mol. The van der Waals surface area contributed by atoms with Gasteiger partial charge < -0.3 is 10.1 Å². The molecular weight excluding hydrogens is 390 g/mol. The molecule has 0 aliphatic rings. The van der Waals surface area contributed by atoms with Crippen LogP contribution in [0.15, 0.2) is 41.3 Å². The standard InChI is InChI=1S/C16H15ClF2N2O4S/c1-21(26(23,24)16-11(18)4-3-5-12(16)19)9-15(22)20-13-8-10(17)6-7-14(13)25-2/h3-8H,9H2,1-2H3,(H,20,22). The molecule has 0 radical (unpaired) electrons. The van der Waals surface area contributed by atoms with Crippen LogP contribution in [0.4, 0.5) is 14.5 Å². The van der Waals surface area contributed by atoms with E-state index < -0.39 is 39.0 Å². The zero-order chi connectivity index (χ0) is 19.5. The molecule has 6 nitrogen and oxygen atoms in total. The zero-order valence-corrected chi connectivity index (χ0v) is 15.4. The van der Waals surface area contributed by atoms with Gasteiger partial charge in [-0.2, -0.15) is 4.31 Å². The summed E-state index contributed by atoms with van der Waals surface area (Å²) in [6.45, 7) is -0.675. The number of hydrogen-bond acceptors (Lipinski definition) is 4. The second kappa shape index (κ2) is 7.98. The number of carbonyl (C=O) groups excluding carboxylic acids is 1. The Hall–Kier alpha value is -2.23. The van der Waals surface area contributed by atoms with Gasteiger partial charge in [-0.05, 0) is 30.3 Å². The van der Waals surface area contributed by atoms with Crippen LogP contribution in [0.3, 0.4) is 0 Å². The van der Waals surface area contributed by atoms with Gasteiger partial charge >= 0.3 is 0 Å². The molecule has 0 fully saturated rings. The molecule has 10 heteroatoms. The van der Waals surface area contributed by atoms with Crippen LogP contribution in [0.2, 0.25) is 5.02 Å². The van der Waals surface area contributed by atoms with Crippen molar-refractivity contribution in [1.82, 2.24) is 4.31 Å². The highest BCUT2D eigenvalue weighted by molar-refractivity contribution is 7.89. The second-order valence-corrected chi connectivity index (χ2v) is 7.62. The normalized spacial score (nSPS) is 11.5. The van der Waals surface area contributed by atoms with Crippen molar-refractivity contribution >= 4 is 33.2 Å². The largest absolute Gasteiger partial charge is 0.495 e. The molecule has 2 aromatic carbocycles. The number of likely N-dealkylation sites (N-methyl/N-ethyl adjacent to an activating group) is 1. The van der Waals surface area contributed by atoms with Gasteiger partial charge in [-0.1, -0.05) is 17.7 Å². The van der Waals surface area contributed by atoms with Crippen LogP contribution >= 0.6 is 11.6 Å². The van der Waals surface area contributed by atoms with Crippen molar-refractivity contribution in [1.29, 1.82) is 0 Å². The molecule has 0 heterocycles. The molecule has 0 saturated heterocycles. The molecule has 0 aliphatic carbocycles. The van der Waals surface area contributed by atoms with Crippen LogP contribution in [-0.2, 0) is 14.8 Å². The number of rotatable bonds is 6. The Bertz CT molecular complexity index is 918. The van der Waals surface area contributed by atoms with Gasteiger partial charge in [-0.15, -0.1) is 0 Å². The van der Waals surface area contributed by atoms with E-state index in [0.29, 0.717) is 15.1 Å². The van der Waals surface area contributed by atoms with Gasteiger partial charge in [0.1, 0.15) is 17.4 Å². The van der Waals surface area contributed by atoms with Crippen LogP contribution in [-0.4, -0.2) is 39.3 Å². The van der Waals surface area contributed by atoms with Crippen molar-refractivity contribution in [3.05, 3.63) is 53.1 Å². The molecule has 1 N–H and O–H groups in total. The van der Waals surface area contributed by atoms with E-state index in [1.165, 1.54) is 19.2 Å². The van der Waals surface area contributed by atoms with Crippen molar-refractivity contribution in [2.45, 2.75) is 4.90 Å². The Morgan fingerprint density at radius 3 is 2.42 bits per heavy atom. The van der Waals surface area contributed by atoms with Crippen molar-refractivity contribution in [3.8, 4) is 5.75 Å². The highest BCUT2D eigenvalue weighted by Crippen LogP contribution is 2.28. The van der Waals surface area contributed by atoms with Crippen LogP contribution in [0.25, 0.3) is 0 Å². The molecule has 2 rings (SSSR count). The number of anilines is 1. The minimum Gasteiger partial charge on any atom is -0.495 e. The smallest absolute Gasteiger partial charge is 0.249 e. The molecule has 1 amide bonds. The summed E-state index contributed by atoms with van der Waals surface area (Å²) in [4.78, 5) is 11.0. The lowest BCUT2D eigenvalue weighted by molar-refractivity contribution is -0.116. The third-order valence-corrected chi connectivity index (χ3v) is 5.48. The van der Waals surface area contributed by atoms with Gasteiger partial charge in [0.15, 0.2) is 4.90 Å². The summed E-state index contributed by atoms with van der Waals surface area (Å²) in [5.74, 6) is -2.91. The number of halogens is 3. The first-order chi connectivity index (χ1) is 12.2. The summed E-state index contributed by atoms with van der Waals surface area (Å²) in [7, 11) is -2.12. The fourth-order valence-electron chi connectivity index (χ4n) is 2.14. The number of nitrogens with zero attached hydrogens (tertiary/aromatic N) is 1. The average molecular weight is 405 g/mol. The highest BCUT2D eigenvalue weighted by atomic mass is 35.5. The van der Waals surface area contributed by atoms with E-state index in [-0.39, 0.29) is 5.69 Å². The van der Waals surface area contributed by atoms with Gasteiger partial charge in [-0.25, -0.2) is 17.2 Å². The second-order valence-electron chi connectivity index (χ2n) is 5.20. The molecule has 0 aromatic heterocycles. The molecular formula is C16H15ClF2N2O4S. The van der Waals surface area contributed by atoms with Crippen LogP contribution in [0, 0.1) is 11.6 Å². The fraction of sp³-hybridized carbons (Fsp3) is 0.188. The number of ether oxygens (including phenoxy) is 1. The zero-order valence-electron chi connectivity index (χ0n) is 13.8. The molecule has 0 atom stereocenters. The maximum Gasteiger partial charge on any atom is 0.249 e. The summed E-state index contributed by atoms with van der Waals surface area (Å²) < 4.78 is 57.8. The lowest BCUT2D eigenvalue weighted by Crippen LogP contribution is -2.35. The van der Waals surface area contributed by atoms with Crippen molar-refractivity contribution in [3.63, 3.8) is 0 Å². The van der Waals surface area contributed by atoms with E-state index >= 15 is 0 Å². The van der Waals surface area contributed by atoms with E-state index in [0.717, 1.165) is 25.2 Å². The van der Waals surface area contributed by atoms with E-state index in [1.54, 1.807) is 6.07 Å². The molecule has 0 aliphatic heterocycles. The number of sulfonamides is 1. The fourth-order valence-corrected chi connectivity index (χ4v) is 3.54. The van der Waals surface area contributed by atoms with Crippen LogP contribution < -0.4 is 10.1 Å². The topological polar surface area (TPSA) is 75.7 Å². The lowest BCUT2D eigenvalue weighted by Gasteiger charge is -2.18. The third kappa shape index (κ3) is 4.29. The Balaban J connectivity index is 2.20. The predicted octanol–water partition coefficient (Wildman–Crippen LogP) is 2.89. The van der Waals surface area contributed by atoms with Gasteiger partial charge in [0.05, 0.1) is 19.3 Å². The average Bonchev–Trinajstić information content (AvgIpc) is 2.54. The molecule has 0 unspecified atom stereocenters. The van der Waals surface area contributed by atoms with E-state index in [4.69, 9.17) is 16.3 Å². The quantitative estimate of drug-likeness (QED) is 0.803. The van der Waals surface area contributed by atoms with Gasteiger partial charge in [0.2, 0.25) is 15.9 Å². The number of hydrogen-bond donors (Lipinski definition) is 1. The minimum absolute atomic E-state index is 0.230. The Morgan fingerprint density at radius 1 is 1.23 bits per heavy atom. The molecule has 0 spiro atoms. The first kappa shape index (κ1) is 20.1. The van der Waals surface area contributed by atoms with E-state index in [1.807, 2.05) is 0 Å². The van der Waals surface area contributed by atoms with Crippen molar-refractivity contribution in [2.75, 3.05) is 26.0 Å². The first-order valence-electron chi connectivity index (χ1n) is 7.20. The highest BCUT2D eigenvalue weighted by Gasteiger charge is 2.29. The molecule has 0 bridgehead atoms. The van der Waals surface area contributed by atoms with Gasteiger partial charge in [-0.3, -0.25) is 4.79 Å². The maximum absolute atomic E-state index is 13.8. The number of benzene rings is 2.